The van der Waals surface area contributed by atoms with E-state index in [0.717, 1.165) is 6.42 Å². The first kappa shape index (κ1) is 12.9. The van der Waals surface area contributed by atoms with Gasteiger partial charge in [0.15, 0.2) is 0 Å². The van der Waals surface area contributed by atoms with Crippen LogP contribution in [0.2, 0.25) is 0 Å². The Balaban J connectivity index is 2.68. The average Bonchev–Trinajstić information content (AvgIpc) is 2.39. The second-order valence-electron chi connectivity index (χ2n) is 5.23. The summed E-state index contributed by atoms with van der Waals surface area (Å²) < 4.78 is 24.9. The maximum absolute atomic E-state index is 11.6. The highest BCUT2D eigenvalue weighted by atomic mass is 32.2. The summed E-state index contributed by atoms with van der Waals surface area (Å²) >= 11 is 0. The minimum atomic E-state index is -2.96. The Morgan fingerprint density at radius 1 is 1.40 bits per heavy atom. The molecule has 0 aliphatic carbocycles. The molecule has 1 heterocycles. The van der Waals surface area contributed by atoms with Crippen LogP contribution in [0.25, 0.3) is 0 Å². The Kier molecular flexibility index (Phi) is 3.79. The fourth-order valence-corrected chi connectivity index (χ4v) is 3.43. The van der Waals surface area contributed by atoms with Gasteiger partial charge in [-0.25, -0.2) is 12.7 Å². The molecule has 1 atom stereocenters. The van der Waals surface area contributed by atoms with Gasteiger partial charge in [0.1, 0.15) is 0 Å². The van der Waals surface area contributed by atoms with Gasteiger partial charge in [-0.15, -0.1) is 0 Å². The third-order valence-corrected chi connectivity index (χ3v) is 4.91. The van der Waals surface area contributed by atoms with Crippen LogP contribution in [0.15, 0.2) is 0 Å². The highest BCUT2D eigenvalue weighted by molar-refractivity contribution is 7.89. The second-order valence-corrected chi connectivity index (χ2v) is 7.32. The van der Waals surface area contributed by atoms with Crippen LogP contribution in [-0.2, 0) is 10.0 Å². The van der Waals surface area contributed by atoms with Gasteiger partial charge in [-0.3, -0.25) is 0 Å². The Labute approximate surface area is 93.1 Å². The molecule has 5 heteroatoms. The quantitative estimate of drug-likeness (QED) is 0.780. The van der Waals surface area contributed by atoms with Crippen LogP contribution in [0, 0.1) is 5.41 Å². The van der Waals surface area contributed by atoms with E-state index in [9.17, 15) is 8.42 Å². The summed E-state index contributed by atoms with van der Waals surface area (Å²) in [5, 5.41) is 3.20. The molecule has 1 unspecified atom stereocenters. The molecule has 1 fully saturated rings. The monoisotopic (exact) mass is 234 g/mol. The summed E-state index contributed by atoms with van der Waals surface area (Å²) in [6, 6.07) is 0.199. The number of rotatable bonds is 3. The summed E-state index contributed by atoms with van der Waals surface area (Å²) in [5.74, 6) is 0.313. The van der Waals surface area contributed by atoms with Gasteiger partial charge in [0.2, 0.25) is 10.0 Å². The third-order valence-electron chi connectivity index (χ3n) is 2.98. The lowest BCUT2D eigenvalue weighted by Gasteiger charge is -2.33. The van der Waals surface area contributed by atoms with Crippen molar-refractivity contribution in [2.75, 3.05) is 25.9 Å². The zero-order valence-corrected chi connectivity index (χ0v) is 10.9. The maximum atomic E-state index is 11.6. The summed E-state index contributed by atoms with van der Waals surface area (Å²) in [6.45, 7) is 7.63. The summed E-state index contributed by atoms with van der Waals surface area (Å²) in [4.78, 5) is 0. The molecule has 15 heavy (non-hydrogen) atoms. The molecular weight excluding hydrogens is 212 g/mol. The highest BCUT2D eigenvalue weighted by Crippen LogP contribution is 2.22. The van der Waals surface area contributed by atoms with Crippen molar-refractivity contribution < 1.29 is 8.42 Å². The number of hydrogen-bond donors (Lipinski definition) is 1. The van der Waals surface area contributed by atoms with E-state index in [2.05, 4.69) is 26.1 Å². The van der Waals surface area contributed by atoms with Gasteiger partial charge in [-0.05, 0) is 18.9 Å². The van der Waals surface area contributed by atoms with E-state index in [1.807, 2.05) is 7.05 Å². The molecule has 0 amide bonds. The van der Waals surface area contributed by atoms with E-state index in [1.165, 1.54) is 0 Å². The van der Waals surface area contributed by atoms with Crippen LogP contribution in [-0.4, -0.2) is 44.7 Å². The minimum absolute atomic E-state index is 0.0762. The van der Waals surface area contributed by atoms with Crippen molar-refractivity contribution in [3.8, 4) is 0 Å². The van der Waals surface area contributed by atoms with Crippen LogP contribution >= 0.6 is 0 Å². The number of sulfonamides is 1. The molecule has 0 aromatic rings. The molecule has 0 aromatic heterocycles. The fraction of sp³-hybridized carbons (Fsp3) is 1.00. The molecule has 0 radical (unpaired) electrons. The summed E-state index contributed by atoms with van der Waals surface area (Å²) in [5.41, 5.74) is 0.0762. The van der Waals surface area contributed by atoms with Crippen molar-refractivity contribution in [3.63, 3.8) is 0 Å². The van der Waals surface area contributed by atoms with Crippen molar-refractivity contribution in [3.05, 3.63) is 0 Å². The number of likely N-dealkylation sites (N-methyl/N-ethyl adjacent to an activating group) is 1. The summed E-state index contributed by atoms with van der Waals surface area (Å²) in [7, 11) is -1.07. The van der Waals surface area contributed by atoms with Crippen molar-refractivity contribution >= 4 is 10.0 Å². The predicted octanol–water partition coefficient (Wildman–Crippen LogP) is 0.656. The zero-order valence-electron chi connectivity index (χ0n) is 10.1. The Morgan fingerprint density at radius 3 is 2.33 bits per heavy atom. The van der Waals surface area contributed by atoms with Gasteiger partial charge < -0.3 is 5.32 Å². The molecule has 0 aromatic carbocycles. The van der Waals surface area contributed by atoms with Crippen molar-refractivity contribution in [2.45, 2.75) is 33.2 Å². The number of hydrogen-bond acceptors (Lipinski definition) is 3. The summed E-state index contributed by atoms with van der Waals surface area (Å²) in [6.07, 6.45) is 0.767. The normalized spacial score (nSPS) is 24.3. The van der Waals surface area contributed by atoms with E-state index in [4.69, 9.17) is 0 Å². The lowest BCUT2D eigenvalue weighted by Crippen LogP contribution is -2.47. The molecule has 0 spiro atoms. The lowest BCUT2D eigenvalue weighted by atomic mass is 9.87. The van der Waals surface area contributed by atoms with E-state index in [0.29, 0.717) is 18.8 Å². The average molecular weight is 234 g/mol. The minimum Gasteiger partial charge on any atom is -0.315 e. The molecule has 0 saturated carbocycles. The Hall–Kier alpha value is -0.130. The maximum Gasteiger partial charge on any atom is 0.214 e. The largest absolute Gasteiger partial charge is 0.315 e. The standard InChI is InChI=1S/C10H22N2O2S/c1-10(2,3)9(11-4)8-12-6-5-7-15(12,13)14/h9,11H,5-8H2,1-4H3. The van der Waals surface area contributed by atoms with E-state index >= 15 is 0 Å². The fourth-order valence-electron chi connectivity index (χ4n) is 1.90. The van der Waals surface area contributed by atoms with Crippen LogP contribution in [0.5, 0.6) is 0 Å². The van der Waals surface area contributed by atoms with Crippen LogP contribution < -0.4 is 5.32 Å². The first-order valence-corrected chi connectivity index (χ1v) is 7.03. The van der Waals surface area contributed by atoms with Gasteiger partial charge in [-0.1, -0.05) is 20.8 Å². The van der Waals surface area contributed by atoms with E-state index in [-0.39, 0.29) is 11.5 Å². The van der Waals surface area contributed by atoms with Gasteiger partial charge in [-0.2, -0.15) is 0 Å². The molecule has 1 aliphatic heterocycles. The van der Waals surface area contributed by atoms with E-state index in [1.54, 1.807) is 4.31 Å². The molecular formula is C10H22N2O2S. The molecule has 0 bridgehead atoms. The molecule has 90 valence electrons. The molecule has 1 saturated heterocycles. The highest BCUT2D eigenvalue weighted by Gasteiger charge is 2.33. The smallest absolute Gasteiger partial charge is 0.214 e. The Bertz CT molecular complexity index is 306. The van der Waals surface area contributed by atoms with Crippen molar-refractivity contribution in [1.82, 2.24) is 9.62 Å². The SMILES string of the molecule is CNC(CN1CCCS1(=O)=O)C(C)(C)C. The topological polar surface area (TPSA) is 49.4 Å². The first-order valence-electron chi connectivity index (χ1n) is 5.42. The zero-order chi connectivity index (χ0) is 11.7. The number of nitrogens with zero attached hydrogens (tertiary/aromatic N) is 1. The van der Waals surface area contributed by atoms with Gasteiger partial charge in [0.25, 0.3) is 0 Å². The second kappa shape index (κ2) is 4.39. The van der Waals surface area contributed by atoms with Gasteiger partial charge in [0, 0.05) is 19.1 Å². The third kappa shape index (κ3) is 3.16. The van der Waals surface area contributed by atoms with E-state index < -0.39 is 10.0 Å². The lowest BCUT2D eigenvalue weighted by molar-refractivity contribution is 0.239. The van der Waals surface area contributed by atoms with Crippen LogP contribution in [0.4, 0.5) is 0 Å². The van der Waals surface area contributed by atoms with Gasteiger partial charge in [0.05, 0.1) is 5.75 Å². The molecule has 1 N–H and O–H groups in total. The molecule has 1 rings (SSSR count). The molecule has 1 aliphatic rings. The predicted molar refractivity (Wildman–Crippen MR) is 62.3 cm³/mol. The van der Waals surface area contributed by atoms with Crippen molar-refractivity contribution in [1.29, 1.82) is 0 Å². The van der Waals surface area contributed by atoms with Crippen molar-refractivity contribution in [2.24, 2.45) is 5.41 Å². The number of nitrogens with one attached hydrogen (secondary N) is 1. The molecule has 4 nitrogen and oxygen atoms in total. The van der Waals surface area contributed by atoms with Crippen LogP contribution in [0.1, 0.15) is 27.2 Å². The Morgan fingerprint density at radius 2 is 2.00 bits per heavy atom. The first-order chi connectivity index (χ1) is 6.77. The van der Waals surface area contributed by atoms with Crippen LogP contribution in [0.3, 0.4) is 0 Å². The van der Waals surface area contributed by atoms with Gasteiger partial charge >= 0.3 is 0 Å².